The second kappa shape index (κ2) is 8.19. The summed E-state index contributed by atoms with van der Waals surface area (Å²) in [6, 6.07) is 11.8. The Morgan fingerprint density at radius 2 is 1.80 bits per heavy atom. The van der Waals surface area contributed by atoms with E-state index in [-0.39, 0.29) is 11.8 Å². The number of amides is 2. The van der Waals surface area contributed by atoms with Crippen LogP contribution in [0.15, 0.2) is 42.5 Å². The van der Waals surface area contributed by atoms with Crippen molar-refractivity contribution in [1.82, 2.24) is 4.90 Å². The number of anilines is 1. The van der Waals surface area contributed by atoms with Gasteiger partial charge in [-0.3, -0.25) is 9.59 Å². The molecule has 2 aromatic carbocycles. The third-order valence-corrected chi connectivity index (χ3v) is 3.50. The van der Waals surface area contributed by atoms with Crippen LogP contribution in [-0.2, 0) is 0 Å². The van der Waals surface area contributed by atoms with Crippen LogP contribution in [0, 0.1) is 0 Å². The second-order valence-electron chi connectivity index (χ2n) is 5.53. The van der Waals surface area contributed by atoms with Crippen LogP contribution in [0.25, 0.3) is 0 Å². The van der Waals surface area contributed by atoms with Gasteiger partial charge in [0, 0.05) is 30.9 Å². The Labute approximate surface area is 147 Å². The number of nitrogens with zero attached hydrogens (tertiary/aromatic N) is 1. The van der Waals surface area contributed by atoms with Crippen molar-refractivity contribution >= 4 is 17.5 Å². The summed E-state index contributed by atoms with van der Waals surface area (Å²) in [6.07, 6.45) is 0. The van der Waals surface area contributed by atoms with Gasteiger partial charge in [-0.25, -0.2) is 0 Å². The molecule has 0 fully saturated rings. The summed E-state index contributed by atoms with van der Waals surface area (Å²) < 4.78 is 10.7. The fraction of sp³-hybridized carbons (Fsp3) is 0.263. The van der Waals surface area contributed by atoms with Crippen molar-refractivity contribution in [3.05, 3.63) is 53.6 Å². The van der Waals surface area contributed by atoms with Crippen LogP contribution < -0.4 is 14.8 Å². The maximum absolute atomic E-state index is 12.5. The smallest absolute Gasteiger partial charge is 0.255 e. The fourth-order valence-corrected chi connectivity index (χ4v) is 2.28. The molecule has 132 valence electrons. The first-order valence-corrected chi connectivity index (χ1v) is 7.90. The molecular weight excluding hydrogens is 320 g/mol. The Morgan fingerprint density at radius 3 is 2.44 bits per heavy atom. The van der Waals surface area contributed by atoms with E-state index in [1.165, 1.54) is 12.0 Å². The summed E-state index contributed by atoms with van der Waals surface area (Å²) in [4.78, 5) is 26.0. The summed E-state index contributed by atoms with van der Waals surface area (Å²) in [5.74, 6) is 0.654. The largest absolute Gasteiger partial charge is 0.493 e. The van der Waals surface area contributed by atoms with E-state index in [0.29, 0.717) is 34.9 Å². The minimum atomic E-state index is -0.296. The van der Waals surface area contributed by atoms with Crippen molar-refractivity contribution < 1.29 is 19.1 Å². The molecule has 6 heteroatoms. The number of hydrogen-bond acceptors (Lipinski definition) is 4. The number of hydrogen-bond donors (Lipinski definition) is 1. The lowest BCUT2D eigenvalue weighted by Crippen LogP contribution is -2.22. The highest BCUT2D eigenvalue weighted by Crippen LogP contribution is 2.28. The van der Waals surface area contributed by atoms with Gasteiger partial charge in [-0.2, -0.15) is 0 Å². The zero-order valence-corrected chi connectivity index (χ0v) is 14.8. The Hall–Kier alpha value is -3.02. The van der Waals surface area contributed by atoms with Gasteiger partial charge in [-0.05, 0) is 43.3 Å². The van der Waals surface area contributed by atoms with E-state index in [2.05, 4.69) is 5.32 Å². The summed E-state index contributed by atoms with van der Waals surface area (Å²) in [7, 11) is 4.88. The number of rotatable bonds is 6. The zero-order valence-electron chi connectivity index (χ0n) is 14.8. The van der Waals surface area contributed by atoms with Crippen molar-refractivity contribution in [2.45, 2.75) is 6.92 Å². The van der Waals surface area contributed by atoms with E-state index >= 15 is 0 Å². The number of ether oxygens (including phenoxy) is 2. The molecule has 25 heavy (non-hydrogen) atoms. The monoisotopic (exact) mass is 342 g/mol. The van der Waals surface area contributed by atoms with Gasteiger partial charge in [0.15, 0.2) is 11.5 Å². The molecule has 2 aromatic rings. The molecule has 0 aliphatic heterocycles. The fourth-order valence-electron chi connectivity index (χ4n) is 2.28. The van der Waals surface area contributed by atoms with Crippen molar-refractivity contribution in [3.8, 4) is 11.5 Å². The molecule has 0 aromatic heterocycles. The highest BCUT2D eigenvalue weighted by molar-refractivity contribution is 6.05. The van der Waals surface area contributed by atoms with E-state index in [4.69, 9.17) is 9.47 Å². The highest BCUT2D eigenvalue weighted by atomic mass is 16.5. The van der Waals surface area contributed by atoms with Gasteiger partial charge in [-0.15, -0.1) is 0 Å². The molecule has 0 spiro atoms. The SMILES string of the molecule is CCOc1ccc(C(=O)Nc2cccc(C(=O)N(C)C)c2)cc1OC. The average molecular weight is 342 g/mol. The predicted octanol–water partition coefficient (Wildman–Crippen LogP) is 3.05. The molecule has 2 rings (SSSR count). The molecule has 0 saturated heterocycles. The maximum atomic E-state index is 12.5. The van der Waals surface area contributed by atoms with E-state index < -0.39 is 0 Å². The molecule has 0 unspecified atom stereocenters. The van der Waals surface area contributed by atoms with Crippen molar-refractivity contribution in [2.24, 2.45) is 0 Å². The van der Waals surface area contributed by atoms with Gasteiger partial charge in [-0.1, -0.05) is 6.07 Å². The van der Waals surface area contributed by atoms with Crippen LogP contribution in [0.1, 0.15) is 27.6 Å². The number of carbonyl (C=O) groups excluding carboxylic acids is 2. The molecule has 0 aliphatic carbocycles. The molecule has 2 amide bonds. The number of nitrogens with one attached hydrogen (secondary N) is 1. The van der Waals surface area contributed by atoms with Gasteiger partial charge in [0.2, 0.25) is 0 Å². The first kappa shape index (κ1) is 18.3. The van der Waals surface area contributed by atoms with Crippen LogP contribution in [0.2, 0.25) is 0 Å². The zero-order chi connectivity index (χ0) is 18.4. The highest BCUT2D eigenvalue weighted by Gasteiger charge is 2.13. The lowest BCUT2D eigenvalue weighted by Gasteiger charge is -2.13. The Morgan fingerprint density at radius 1 is 1.04 bits per heavy atom. The van der Waals surface area contributed by atoms with E-state index in [9.17, 15) is 9.59 Å². The van der Waals surface area contributed by atoms with Crippen LogP contribution in [0.3, 0.4) is 0 Å². The van der Waals surface area contributed by atoms with Crippen LogP contribution >= 0.6 is 0 Å². The standard InChI is InChI=1S/C19H22N2O4/c1-5-25-16-10-9-13(12-17(16)24-4)18(22)20-15-8-6-7-14(11-15)19(23)21(2)3/h6-12H,5H2,1-4H3,(H,20,22). The van der Waals surface area contributed by atoms with Crippen molar-refractivity contribution in [2.75, 3.05) is 33.1 Å². The third kappa shape index (κ3) is 4.50. The number of benzene rings is 2. The Balaban J connectivity index is 2.20. The topological polar surface area (TPSA) is 67.9 Å². The minimum Gasteiger partial charge on any atom is -0.493 e. The summed E-state index contributed by atoms with van der Waals surface area (Å²) in [6.45, 7) is 2.39. The van der Waals surface area contributed by atoms with Gasteiger partial charge in [0.1, 0.15) is 0 Å². The lowest BCUT2D eigenvalue weighted by atomic mass is 10.1. The molecule has 0 bridgehead atoms. The van der Waals surface area contributed by atoms with Crippen LogP contribution in [0.5, 0.6) is 11.5 Å². The summed E-state index contributed by atoms with van der Waals surface area (Å²) >= 11 is 0. The maximum Gasteiger partial charge on any atom is 0.255 e. The first-order chi connectivity index (χ1) is 12.0. The van der Waals surface area contributed by atoms with Crippen LogP contribution in [0.4, 0.5) is 5.69 Å². The summed E-state index contributed by atoms with van der Waals surface area (Å²) in [5.41, 5.74) is 1.49. The normalized spacial score (nSPS) is 10.1. The van der Waals surface area contributed by atoms with Gasteiger partial charge in [0.05, 0.1) is 13.7 Å². The molecule has 0 aliphatic rings. The molecular formula is C19H22N2O4. The van der Waals surface area contributed by atoms with Crippen LogP contribution in [-0.4, -0.2) is 44.5 Å². The number of carbonyl (C=O) groups is 2. The van der Waals surface area contributed by atoms with E-state index in [1.807, 2.05) is 6.92 Å². The Kier molecular flexibility index (Phi) is 6.00. The van der Waals surface area contributed by atoms with Gasteiger partial charge in [0.25, 0.3) is 11.8 Å². The minimum absolute atomic E-state index is 0.126. The lowest BCUT2D eigenvalue weighted by molar-refractivity contribution is 0.0827. The third-order valence-electron chi connectivity index (χ3n) is 3.50. The average Bonchev–Trinajstić information content (AvgIpc) is 2.61. The molecule has 0 atom stereocenters. The summed E-state index contributed by atoms with van der Waals surface area (Å²) in [5, 5.41) is 2.79. The number of methoxy groups -OCH3 is 1. The molecule has 1 N–H and O–H groups in total. The van der Waals surface area contributed by atoms with Gasteiger partial charge < -0.3 is 19.7 Å². The predicted molar refractivity (Wildman–Crippen MR) is 96.6 cm³/mol. The van der Waals surface area contributed by atoms with E-state index in [0.717, 1.165) is 0 Å². The molecule has 0 heterocycles. The Bertz CT molecular complexity index is 772. The van der Waals surface area contributed by atoms with E-state index in [1.54, 1.807) is 56.6 Å². The molecule has 0 radical (unpaired) electrons. The first-order valence-electron chi connectivity index (χ1n) is 7.90. The molecule has 6 nitrogen and oxygen atoms in total. The molecule has 0 saturated carbocycles. The van der Waals surface area contributed by atoms with Crippen molar-refractivity contribution in [1.29, 1.82) is 0 Å². The quantitative estimate of drug-likeness (QED) is 0.876. The van der Waals surface area contributed by atoms with Crippen molar-refractivity contribution in [3.63, 3.8) is 0 Å². The van der Waals surface area contributed by atoms with Gasteiger partial charge >= 0.3 is 0 Å². The second-order valence-corrected chi connectivity index (χ2v) is 5.53.